The quantitative estimate of drug-likeness (QED) is 0.285. The van der Waals surface area contributed by atoms with Crippen molar-refractivity contribution >= 4 is 34.5 Å². The minimum absolute atomic E-state index is 0.0866. The van der Waals surface area contributed by atoms with Crippen molar-refractivity contribution in [3.8, 4) is 11.4 Å². The SMILES string of the molecule is CCOC(=O)c1ccc(N2C(=O)c3cnc4c(c(C)nn4-c4ccc(OC(F)(F)F)cc4)c3C2=O)cc1. The van der Waals surface area contributed by atoms with Crippen molar-refractivity contribution in [2.24, 2.45) is 0 Å². The van der Waals surface area contributed by atoms with E-state index in [1.807, 2.05) is 0 Å². The second-order valence-corrected chi connectivity index (χ2v) is 8.00. The summed E-state index contributed by atoms with van der Waals surface area (Å²) in [6.07, 6.45) is -3.56. The summed E-state index contributed by atoms with van der Waals surface area (Å²) in [6.45, 7) is 3.53. The molecule has 0 fully saturated rings. The van der Waals surface area contributed by atoms with E-state index in [4.69, 9.17) is 4.74 Å². The Kier molecular flexibility index (Phi) is 5.66. The highest BCUT2D eigenvalue weighted by Gasteiger charge is 2.40. The Morgan fingerprint density at radius 3 is 2.24 bits per heavy atom. The number of imide groups is 1. The molecule has 2 aromatic carbocycles. The van der Waals surface area contributed by atoms with Crippen molar-refractivity contribution in [2.75, 3.05) is 11.5 Å². The molecular weight excluding hydrogens is 493 g/mol. The van der Waals surface area contributed by atoms with E-state index in [9.17, 15) is 27.6 Å². The minimum Gasteiger partial charge on any atom is -0.462 e. The van der Waals surface area contributed by atoms with Gasteiger partial charge in [-0.25, -0.2) is 19.4 Å². The van der Waals surface area contributed by atoms with Gasteiger partial charge in [0.2, 0.25) is 0 Å². The van der Waals surface area contributed by atoms with Crippen LogP contribution in [-0.2, 0) is 4.74 Å². The summed E-state index contributed by atoms with van der Waals surface area (Å²) < 4.78 is 47.7. The number of ether oxygens (including phenoxy) is 2. The van der Waals surface area contributed by atoms with Gasteiger partial charge in [-0.05, 0) is 62.4 Å². The first-order valence-electron chi connectivity index (χ1n) is 11.0. The van der Waals surface area contributed by atoms with E-state index in [2.05, 4.69) is 14.8 Å². The predicted molar refractivity (Wildman–Crippen MR) is 124 cm³/mol. The van der Waals surface area contributed by atoms with E-state index in [1.54, 1.807) is 13.8 Å². The molecule has 0 unspecified atom stereocenters. The maximum atomic E-state index is 13.4. The van der Waals surface area contributed by atoms with Crippen LogP contribution < -0.4 is 9.64 Å². The van der Waals surface area contributed by atoms with Crippen LogP contribution >= 0.6 is 0 Å². The number of alkyl halides is 3. The first kappa shape index (κ1) is 24.0. The average molecular weight is 510 g/mol. The number of rotatable bonds is 5. The molecule has 3 heterocycles. The fourth-order valence-electron chi connectivity index (χ4n) is 4.13. The van der Waals surface area contributed by atoms with Gasteiger partial charge in [0.15, 0.2) is 5.65 Å². The molecule has 0 spiro atoms. The first-order valence-corrected chi connectivity index (χ1v) is 11.0. The molecule has 0 N–H and O–H groups in total. The molecule has 0 aliphatic carbocycles. The Hall–Kier alpha value is -4.74. The summed E-state index contributed by atoms with van der Waals surface area (Å²) in [5.74, 6) is -2.10. The van der Waals surface area contributed by atoms with Gasteiger partial charge in [-0.1, -0.05) is 0 Å². The average Bonchev–Trinajstić information content (AvgIpc) is 3.32. The topological polar surface area (TPSA) is 104 Å². The number of nitrogens with zero attached hydrogens (tertiary/aromatic N) is 4. The zero-order valence-electron chi connectivity index (χ0n) is 19.4. The van der Waals surface area contributed by atoms with E-state index in [0.717, 1.165) is 17.0 Å². The van der Waals surface area contributed by atoms with E-state index in [1.165, 1.54) is 47.3 Å². The third kappa shape index (κ3) is 4.15. The predicted octanol–water partition coefficient (Wildman–Crippen LogP) is 4.60. The Bertz CT molecular complexity index is 1560. The van der Waals surface area contributed by atoms with Crippen molar-refractivity contribution < 1.29 is 37.0 Å². The van der Waals surface area contributed by atoms with E-state index in [-0.39, 0.29) is 34.6 Å². The number of amides is 2. The second kappa shape index (κ2) is 8.73. The van der Waals surface area contributed by atoms with Crippen LogP contribution in [0.25, 0.3) is 16.7 Å². The highest BCUT2D eigenvalue weighted by atomic mass is 19.4. The monoisotopic (exact) mass is 510 g/mol. The minimum atomic E-state index is -4.82. The summed E-state index contributed by atoms with van der Waals surface area (Å²) in [5.41, 5.74) is 1.77. The summed E-state index contributed by atoms with van der Waals surface area (Å²) in [4.78, 5) is 43.8. The number of hydrogen-bond acceptors (Lipinski definition) is 7. The maximum absolute atomic E-state index is 13.4. The number of carbonyl (C=O) groups excluding carboxylic acids is 3. The van der Waals surface area contributed by atoms with Gasteiger partial charge < -0.3 is 9.47 Å². The van der Waals surface area contributed by atoms with Crippen LogP contribution in [0.5, 0.6) is 5.75 Å². The van der Waals surface area contributed by atoms with Gasteiger partial charge in [0.1, 0.15) is 5.75 Å². The van der Waals surface area contributed by atoms with Crippen LogP contribution in [0.3, 0.4) is 0 Å². The van der Waals surface area contributed by atoms with Crippen molar-refractivity contribution in [3.63, 3.8) is 0 Å². The Morgan fingerprint density at radius 1 is 0.973 bits per heavy atom. The molecule has 12 heteroatoms. The van der Waals surface area contributed by atoms with E-state index >= 15 is 0 Å². The third-order valence-corrected chi connectivity index (χ3v) is 5.67. The Balaban J connectivity index is 1.52. The van der Waals surface area contributed by atoms with Gasteiger partial charge in [0.25, 0.3) is 11.8 Å². The van der Waals surface area contributed by atoms with Crippen LogP contribution in [0, 0.1) is 6.92 Å². The zero-order valence-corrected chi connectivity index (χ0v) is 19.4. The van der Waals surface area contributed by atoms with E-state index < -0.39 is 29.9 Å². The van der Waals surface area contributed by atoms with Crippen LogP contribution in [0.2, 0.25) is 0 Å². The number of benzene rings is 2. The van der Waals surface area contributed by atoms with Gasteiger partial charge in [-0.2, -0.15) is 5.10 Å². The number of aryl methyl sites for hydroxylation is 1. The molecule has 4 aromatic rings. The first-order chi connectivity index (χ1) is 17.6. The van der Waals surface area contributed by atoms with Crippen LogP contribution in [0.4, 0.5) is 18.9 Å². The van der Waals surface area contributed by atoms with E-state index in [0.29, 0.717) is 16.8 Å². The number of halogens is 3. The molecule has 0 radical (unpaired) electrons. The van der Waals surface area contributed by atoms with Crippen molar-refractivity contribution in [3.05, 3.63) is 77.1 Å². The number of anilines is 1. The molecule has 0 saturated heterocycles. The lowest BCUT2D eigenvalue weighted by Crippen LogP contribution is -2.29. The Morgan fingerprint density at radius 2 is 1.62 bits per heavy atom. The fraction of sp³-hybridized carbons (Fsp3) is 0.160. The molecule has 0 bridgehead atoms. The molecule has 37 heavy (non-hydrogen) atoms. The molecule has 0 saturated carbocycles. The lowest BCUT2D eigenvalue weighted by molar-refractivity contribution is -0.274. The number of hydrogen-bond donors (Lipinski definition) is 0. The number of fused-ring (bicyclic) bond motifs is 3. The molecule has 0 atom stereocenters. The van der Waals surface area contributed by atoms with Crippen LogP contribution in [0.1, 0.15) is 43.7 Å². The molecule has 188 valence electrons. The normalized spacial score (nSPS) is 13.3. The van der Waals surface area contributed by atoms with Gasteiger partial charge in [-0.3, -0.25) is 9.59 Å². The molecule has 1 aliphatic heterocycles. The summed E-state index contributed by atoms with van der Waals surface area (Å²) >= 11 is 0. The smallest absolute Gasteiger partial charge is 0.462 e. The number of aromatic nitrogens is 3. The van der Waals surface area contributed by atoms with Crippen molar-refractivity contribution in [1.82, 2.24) is 14.8 Å². The van der Waals surface area contributed by atoms with Gasteiger partial charge in [0, 0.05) is 6.20 Å². The third-order valence-electron chi connectivity index (χ3n) is 5.67. The number of pyridine rings is 1. The Labute approximate surface area is 207 Å². The number of esters is 1. The lowest BCUT2D eigenvalue weighted by atomic mass is 10.1. The standard InChI is InChI=1S/C25H17F3N4O5/c1-3-36-24(35)14-4-6-15(7-5-14)31-22(33)18-12-29-21-19(20(18)23(31)34)13(2)30-32(21)16-8-10-17(11-9-16)37-25(26,27)28/h4-12H,3H2,1-2H3. The highest BCUT2D eigenvalue weighted by molar-refractivity contribution is 6.37. The van der Waals surface area contributed by atoms with Gasteiger partial charge in [0.05, 0.1) is 45.8 Å². The molecule has 9 nitrogen and oxygen atoms in total. The molecule has 2 amide bonds. The lowest BCUT2D eigenvalue weighted by Gasteiger charge is -2.14. The zero-order chi connectivity index (χ0) is 26.5. The summed E-state index contributed by atoms with van der Waals surface area (Å²) in [7, 11) is 0. The summed E-state index contributed by atoms with van der Waals surface area (Å²) in [5, 5.41) is 4.75. The highest BCUT2D eigenvalue weighted by Crippen LogP contribution is 2.35. The summed E-state index contributed by atoms with van der Waals surface area (Å²) in [6, 6.07) is 10.9. The number of carbonyl (C=O) groups is 3. The van der Waals surface area contributed by atoms with Gasteiger partial charge in [-0.15, -0.1) is 13.2 Å². The van der Waals surface area contributed by atoms with Crippen molar-refractivity contribution in [1.29, 1.82) is 0 Å². The molecule has 1 aliphatic rings. The van der Waals surface area contributed by atoms with Crippen molar-refractivity contribution in [2.45, 2.75) is 20.2 Å². The van der Waals surface area contributed by atoms with Crippen LogP contribution in [0.15, 0.2) is 54.7 Å². The van der Waals surface area contributed by atoms with Gasteiger partial charge >= 0.3 is 12.3 Å². The maximum Gasteiger partial charge on any atom is 0.573 e. The second-order valence-electron chi connectivity index (χ2n) is 8.00. The molecular formula is C25H17F3N4O5. The fourth-order valence-corrected chi connectivity index (χ4v) is 4.13. The molecule has 2 aromatic heterocycles. The largest absolute Gasteiger partial charge is 0.573 e. The van der Waals surface area contributed by atoms with Crippen LogP contribution in [-0.4, -0.2) is 45.5 Å². The molecule has 5 rings (SSSR count).